The van der Waals surface area contributed by atoms with Crippen LogP contribution in [-0.4, -0.2) is 44.0 Å². The van der Waals surface area contributed by atoms with Gasteiger partial charge in [-0.1, -0.05) is 0 Å². The van der Waals surface area contributed by atoms with E-state index in [2.05, 4.69) is 20.8 Å². The molecule has 0 unspecified atom stereocenters. The topological polar surface area (TPSA) is 97.5 Å². The number of amides is 1. The summed E-state index contributed by atoms with van der Waals surface area (Å²) in [5.41, 5.74) is 2.44. The fraction of sp³-hybridized carbons (Fsp3) is 0.375. The fourth-order valence-electron chi connectivity index (χ4n) is 2.74. The normalized spacial score (nSPS) is 13.1. The van der Waals surface area contributed by atoms with Gasteiger partial charge in [-0.05, 0) is 25.1 Å². The molecular weight excluding hydrogens is 312 g/mol. The van der Waals surface area contributed by atoms with Crippen LogP contribution in [0, 0.1) is 0 Å². The fourth-order valence-corrected chi connectivity index (χ4v) is 2.74. The van der Waals surface area contributed by atoms with Gasteiger partial charge in [-0.15, -0.1) is 0 Å². The third kappa shape index (κ3) is 2.88. The van der Waals surface area contributed by atoms with Crippen molar-refractivity contribution in [3.63, 3.8) is 0 Å². The number of carbonyl (C=O) groups excluding carboxylic acids is 1. The number of fused-ring (bicyclic) bond motifs is 1. The second kappa shape index (κ2) is 6.79. The summed E-state index contributed by atoms with van der Waals surface area (Å²) in [5.74, 6) is 1.57. The molecule has 3 N–H and O–H groups in total. The van der Waals surface area contributed by atoms with Crippen LogP contribution in [0.15, 0.2) is 12.1 Å². The lowest BCUT2D eigenvalue weighted by molar-refractivity contribution is 0.102. The number of hydrogen-bond acceptors (Lipinski definition) is 6. The van der Waals surface area contributed by atoms with Gasteiger partial charge < -0.3 is 24.8 Å². The molecule has 8 nitrogen and oxygen atoms in total. The van der Waals surface area contributed by atoms with Crippen LogP contribution in [0.25, 0.3) is 0 Å². The van der Waals surface area contributed by atoms with Crippen molar-refractivity contribution in [1.82, 2.24) is 15.5 Å². The van der Waals surface area contributed by atoms with Gasteiger partial charge in [-0.2, -0.15) is 5.10 Å². The average molecular weight is 332 g/mol. The molecule has 0 fully saturated rings. The van der Waals surface area contributed by atoms with E-state index in [1.807, 2.05) is 0 Å². The molecule has 0 atom stereocenters. The predicted molar refractivity (Wildman–Crippen MR) is 88.0 cm³/mol. The molecule has 2 heterocycles. The molecule has 2 aromatic rings. The molecule has 1 aromatic carbocycles. The highest BCUT2D eigenvalue weighted by atomic mass is 16.5. The van der Waals surface area contributed by atoms with Crippen molar-refractivity contribution in [2.45, 2.75) is 13.0 Å². The molecule has 0 saturated heterocycles. The van der Waals surface area contributed by atoms with Crippen LogP contribution in [0.5, 0.6) is 17.2 Å². The van der Waals surface area contributed by atoms with E-state index in [0.29, 0.717) is 28.6 Å². The smallest absolute Gasteiger partial charge is 0.257 e. The minimum absolute atomic E-state index is 0.290. The number of aromatic amines is 1. The Morgan fingerprint density at radius 2 is 1.88 bits per heavy atom. The number of anilines is 1. The molecule has 128 valence electrons. The summed E-state index contributed by atoms with van der Waals surface area (Å²) in [6.07, 6.45) is 0.816. The van der Waals surface area contributed by atoms with Gasteiger partial charge in [0.1, 0.15) is 0 Å². The van der Waals surface area contributed by atoms with Crippen molar-refractivity contribution >= 4 is 11.7 Å². The van der Waals surface area contributed by atoms with E-state index in [1.54, 1.807) is 12.1 Å². The van der Waals surface area contributed by atoms with Gasteiger partial charge in [0.25, 0.3) is 5.91 Å². The van der Waals surface area contributed by atoms with E-state index in [4.69, 9.17) is 14.2 Å². The first kappa shape index (κ1) is 16.1. The Balaban J connectivity index is 1.89. The summed E-state index contributed by atoms with van der Waals surface area (Å²) in [5, 5.41) is 13.2. The predicted octanol–water partition coefficient (Wildman–Crippen LogP) is 1.33. The van der Waals surface area contributed by atoms with E-state index < -0.39 is 0 Å². The summed E-state index contributed by atoms with van der Waals surface area (Å²) < 4.78 is 15.8. The number of aromatic nitrogens is 2. The minimum Gasteiger partial charge on any atom is -0.493 e. The Morgan fingerprint density at radius 3 is 2.50 bits per heavy atom. The molecule has 3 rings (SSSR count). The zero-order valence-electron chi connectivity index (χ0n) is 13.9. The van der Waals surface area contributed by atoms with Crippen LogP contribution in [0.4, 0.5) is 5.82 Å². The van der Waals surface area contributed by atoms with Crippen LogP contribution >= 0.6 is 0 Å². The van der Waals surface area contributed by atoms with E-state index in [0.717, 1.165) is 30.8 Å². The van der Waals surface area contributed by atoms with Gasteiger partial charge in [0.05, 0.1) is 27.0 Å². The molecule has 0 saturated carbocycles. The highest BCUT2D eigenvalue weighted by Gasteiger charge is 2.21. The number of methoxy groups -OCH3 is 3. The molecule has 8 heteroatoms. The van der Waals surface area contributed by atoms with E-state index in [1.165, 1.54) is 21.3 Å². The highest BCUT2D eigenvalue weighted by molar-refractivity contribution is 6.05. The molecule has 1 aromatic heterocycles. The highest BCUT2D eigenvalue weighted by Crippen LogP contribution is 2.38. The first-order valence-electron chi connectivity index (χ1n) is 7.56. The number of hydrogen-bond donors (Lipinski definition) is 3. The van der Waals surface area contributed by atoms with Crippen molar-refractivity contribution in [2.75, 3.05) is 33.2 Å². The van der Waals surface area contributed by atoms with Crippen LogP contribution in [0.1, 0.15) is 21.6 Å². The average Bonchev–Trinajstić information content (AvgIpc) is 3.03. The molecular formula is C16H20N4O4. The lowest BCUT2D eigenvalue weighted by Gasteiger charge is -2.15. The van der Waals surface area contributed by atoms with Gasteiger partial charge in [0, 0.05) is 17.7 Å². The van der Waals surface area contributed by atoms with Crippen molar-refractivity contribution < 1.29 is 19.0 Å². The van der Waals surface area contributed by atoms with Gasteiger partial charge in [-0.25, -0.2) is 0 Å². The molecule has 1 aliphatic heterocycles. The quantitative estimate of drug-likeness (QED) is 0.764. The Kier molecular flexibility index (Phi) is 4.57. The van der Waals surface area contributed by atoms with Crippen LogP contribution < -0.4 is 24.8 Å². The van der Waals surface area contributed by atoms with Crippen molar-refractivity contribution in [2.24, 2.45) is 0 Å². The minimum atomic E-state index is -0.290. The zero-order chi connectivity index (χ0) is 17.1. The van der Waals surface area contributed by atoms with Crippen molar-refractivity contribution in [3.05, 3.63) is 29.0 Å². The van der Waals surface area contributed by atoms with Crippen LogP contribution in [0.2, 0.25) is 0 Å². The summed E-state index contributed by atoms with van der Waals surface area (Å²) in [7, 11) is 4.54. The molecule has 0 spiro atoms. The number of nitrogens with zero attached hydrogens (tertiary/aromatic N) is 1. The standard InChI is InChI=1S/C16H20N4O4/c1-22-12-6-9(7-13(23-2)14(12)24-3)16(21)18-15-10-4-5-17-8-11(10)19-20-15/h6-7,17H,4-5,8H2,1-3H3,(H2,18,19,20,21). The third-order valence-corrected chi connectivity index (χ3v) is 3.97. The maximum Gasteiger partial charge on any atom is 0.257 e. The first-order chi connectivity index (χ1) is 11.7. The van der Waals surface area contributed by atoms with E-state index in [9.17, 15) is 4.79 Å². The second-order valence-electron chi connectivity index (χ2n) is 5.32. The second-order valence-corrected chi connectivity index (χ2v) is 5.32. The number of nitrogens with one attached hydrogen (secondary N) is 3. The molecule has 1 aliphatic rings. The lowest BCUT2D eigenvalue weighted by atomic mass is 10.1. The number of ether oxygens (including phenoxy) is 3. The van der Waals surface area contributed by atoms with Crippen LogP contribution in [0.3, 0.4) is 0 Å². The molecule has 0 bridgehead atoms. The summed E-state index contributed by atoms with van der Waals surface area (Å²) in [4.78, 5) is 12.6. The zero-order valence-corrected chi connectivity index (χ0v) is 13.9. The van der Waals surface area contributed by atoms with E-state index >= 15 is 0 Å². The molecule has 0 aliphatic carbocycles. The van der Waals surface area contributed by atoms with Gasteiger partial charge >= 0.3 is 0 Å². The number of carbonyl (C=O) groups is 1. The number of H-pyrrole nitrogens is 1. The van der Waals surface area contributed by atoms with Crippen molar-refractivity contribution in [1.29, 1.82) is 0 Å². The molecule has 24 heavy (non-hydrogen) atoms. The summed E-state index contributed by atoms with van der Waals surface area (Å²) in [6, 6.07) is 3.22. The SMILES string of the molecule is COc1cc(C(=O)Nc2n[nH]c3c2CCNC3)cc(OC)c1OC. The largest absolute Gasteiger partial charge is 0.493 e. The Morgan fingerprint density at radius 1 is 1.17 bits per heavy atom. The molecule has 0 radical (unpaired) electrons. The number of rotatable bonds is 5. The van der Waals surface area contributed by atoms with Crippen molar-refractivity contribution in [3.8, 4) is 17.2 Å². The van der Waals surface area contributed by atoms with Crippen LogP contribution in [-0.2, 0) is 13.0 Å². The van der Waals surface area contributed by atoms with Gasteiger partial charge in [0.2, 0.25) is 5.75 Å². The maximum atomic E-state index is 12.6. The molecule has 1 amide bonds. The Labute approximate surface area is 139 Å². The monoisotopic (exact) mass is 332 g/mol. The maximum absolute atomic E-state index is 12.6. The van der Waals surface area contributed by atoms with Gasteiger partial charge in [0.15, 0.2) is 17.3 Å². The Hall–Kier alpha value is -2.74. The van der Waals surface area contributed by atoms with Gasteiger partial charge in [-0.3, -0.25) is 9.89 Å². The third-order valence-electron chi connectivity index (χ3n) is 3.97. The Bertz CT molecular complexity index is 732. The first-order valence-corrected chi connectivity index (χ1v) is 7.56. The number of benzene rings is 1. The summed E-state index contributed by atoms with van der Waals surface area (Å²) in [6.45, 7) is 1.59. The van der Waals surface area contributed by atoms with E-state index in [-0.39, 0.29) is 5.91 Å². The lowest BCUT2D eigenvalue weighted by Crippen LogP contribution is -2.24. The summed E-state index contributed by atoms with van der Waals surface area (Å²) >= 11 is 0.